The number of hydrogen-bond acceptors (Lipinski definition) is 3. The third-order valence-electron chi connectivity index (χ3n) is 2.37. The predicted octanol–water partition coefficient (Wildman–Crippen LogP) is 3.54. The Kier molecular flexibility index (Phi) is 3.81. The summed E-state index contributed by atoms with van der Waals surface area (Å²) in [5, 5.41) is 1.51. The molecule has 0 radical (unpaired) electrons. The van der Waals surface area contributed by atoms with Gasteiger partial charge in [0.25, 0.3) is 6.43 Å². The fourth-order valence-electron chi connectivity index (χ4n) is 1.56. The Labute approximate surface area is 107 Å². The molecule has 96 valence electrons. The van der Waals surface area contributed by atoms with Crippen LogP contribution in [0, 0.1) is 0 Å². The smallest absolute Gasteiger partial charge is 0.272 e. The molecule has 0 fully saturated rings. The van der Waals surface area contributed by atoms with Crippen LogP contribution in [0.1, 0.15) is 0 Å². The summed E-state index contributed by atoms with van der Waals surface area (Å²) in [4.78, 5) is 3.90. The van der Waals surface area contributed by atoms with Gasteiger partial charge in [0.1, 0.15) is 23.3 Å². The van der Waals surface area contributed by atoms with E-state index in [2.05, 4.69) is 4.98 Å². The van der Waals surface area contributed by atoms with E-state index in [4.69, 9.17) is 21.1 Å². The van der Waals surface area contributed by atoms with Crippen LogP contribution in [0.15, 0.2) is 24.4 Å². The number of pyridine rings is 1. The SMILES string of the molecule is COc1ccc2c(Cl)ncc(OCC(F)F)c2c1. The monoisotopic (exact) mass is 273 g/mol. The lowest BCUT2D eigenvalue weighted by Crippen LogP contribution is -2.07. The van der Waals surface area contributed by atoms with Gasteiger partial charge in [0.2, 0.25) is 0 Å². The van der Waals surface area contributed by atoms with Gasteiger partial charge in [0.15, 0.2) is 0 Å². The Morgan fingerprint density at radius 2 is 2.11 bits per heavy atom. The third-order valence-corrected chi connectivity index (χ3v) is 2.68. The molecular formula is C12H10ClF2NO2. The van der Waals surface area contributed by atoms with Crippen LogP contribution in [0.2, 0.25) is 5.15 Å². The molecular weight excluding hydrogens is 264 g/mol. The second-order valence-electron chi connectivity index (χ2n) is 3.53. The Hall–Kier alpha value is -1.62. The summed E-state index contributed by atoms with van der Waals surface area (Å²) in [7, 11) is 1.52. The van der Waals surface area contributed by atoms with E-state index in [1.807, 2.05) is 0 Å². The van der Waals surface area contributed by atoms with Crippen molar-refractivity contribution < 1.29 is 18.3 Å². The normalized spacial score (nSPS) is 10.9. The van der Waals surface area contributed by atoms with E-state index in [1.165, 1.54) is 13.3 Å². The summed E-state index contributed by atoms with van der Waals surface area (Å²) in [5.41, 5.74) is 0. The van der Waals surface area contributed by atoms with Crippen molar-refractivity contribution in [3.63, 3.8) is 0 Å². The van der Waals surface area contributed by atoms with E-state index < -0.39 is 13.0 Å². The van der Waals surface area contributed by atoms with Crippen LogP contribution in [-0.4, -0.2) is 25.1 Å². The maximum Gasteiger partial charge on any atom is 0.272 e. The number of halogens is 3. The van der Waals surface area contributed by atoms with Crippen LogP contribution >= 0.6 is 11.6 Å². The van der Waals surface area contributed by atoms with Crippen LogP contribution in [0.4, 0.5) is 8.78 Å². The Morgan fingerprint density at radius 3 is 2.78 bits per heavy atom. The van der Waals surface area contributed by atoms with Crippen molar-refractivity contribution in [3.8, 4) is 11.5 Å². The fourth-order valence-corrected chi connectivity index (χ4v) is 1.77. The van der Waals surface area contributed by atoms with Gasteiger partial charge in [-0.25, -0.2) is 13.8 Å². The molecule has 2 aromatic rings. The molecule has 6 heteroatoms. The van der Waals surface area contributed by atoms with E-state index in [0.717, 1.165) is 0 Å². The number of methoxy groups -OCH3 is 1. The van der Waals surface area contributed by atoms with E-state index in [1.54, 1.807) is 18.2 Å². The first kappa shape index (κ1) is 12.8. The Bertz CT molecular complexity index is 563. The molecule has 1 heterocycles. The molecule has 1 aromatic heterocycles. The zero-order valence-corrected chi connectivity index (χ0v) is 10.2. The molecule has 2 rings (SSSR count). The molecule has 0 aliphatic heterocycles. The molecule has 0 saturated heterocycles. The second kappa shape index (κ2) is 5.35. The average Bonchev–Trinajstić information content (AvgIpc) is 2.37. The number of ether oxygens (including phenoxy) is 2. The van der Waals surface area contributed by atoms with Crippen molar-refractivity contribution in [1.29, 1.82) is 0 Å². The first-order chi connectivity index (χ1) is 8.61. The average molecular weight is 274 g/mol. The summed E-state index contributed by atoms with van der Waals surface area (Å²) < 4.78 is 34.4. The highest BCUT2D eigenvalue weighted by Gasteiger charge is 2.10. The maximum absolute atomic E-state index is 12.1. The number of fused-ring (bicyclic) bond motifs is 1. The zero-order chi connectivity index (χ0) is 13.1. The van der Waals surface area contributed by atoms with Crippen LogP contribution < -0.4 is 9.47 Å². The van der Waals surface area contributed by atoms with Crippen LogP contribution in [0.5, 0.6) is 11.5 Å². The van der Waals surface area contributed by atoms with Gasteiger partial charge >= 0.3 is 0 Å². The zero-order valence-electron chi connectivity index (χ0n) is 9.49. The van der Waals surface area contributed by atoms with E-state index in [9.17, 15) is 8.78 Å². The minimum absolute atomic E-state index is 0.258. The van der Waals surface area contributed by atoms with Gasteiger partial charge in [-0.3, -0.25) is 0 Å². The van der Waals surface area contributed by atoms with Crippen molar-refractivity contribution in [2.75, 3.05) is 13.7 Å². The van der Waals surface area contributed by atoms with Crippen molar-refractivity contribution in [2.45, 2.75) is 6.43 Å². The minimum Gasteiger partial charge on any atom is -0.497 e. The number of alkyl halides is 2. The van der Waals surface area contributed by atoms with Gasteiger partial charge in [-0.1, -0.05) is 11.6 Å². The molecule has 0 saturated carbocycles. The molecule has 3 nitrogen and oxygen atoms in total. The lowest BCUT2D eigenvalue weighted by Gasteiger charge is -2.10. The van der Waals surface area contributed by atoms with Gasteiger partial charge in [-0.15, -0.1) is 0 Å². The molecule has 0 amide bonds. The number of hydrogen-bond donors (Lipinski definition) is 0. The Morgan fingerprint density at radius 1 is 1.33 bits per heavy atom. The van der Waals surface area contributed by atoms with E-state index in [0.29, 0.717) is 16.5 Å². The quantitative estimate of drug-likeness (QED) is 0.799. The van der Waals surface area contributed by atoms with Crippen molar-refractivity contribution in [1.82, 2.24) is 4.98 Å². The predicted molar refractivity (Wildman–Crippen MR) is 64.8 cm³/mol. The lowest BCUT2D eigenvalue weighted by atomic mass is 10.1. The highest BCUT2D eigenvalue weighted by molar-refractivity contribution is 6.34. The number of rotatable bonds is 4. The summed E-state index contributed by atoms with van der Waals surface area (Å²) >= 11 is 5.93. The van der Waals surface area contributed by atoms with Gasteiger partial charge in [0.05, 0.1) is 13.3 Å². The molecule has 0 aliphatic carbocycles. The molecule has 0 spiro atoms. The first-order valence-electron chi connectivity index (χ1n) is 5.15. The molecule has 0 bridgehead atoms. The summed E-state index contributed by atoms with van der Waals surface area (Å²) in [6, 6.07) is 5.09. The first-order valence-corrected chi connectivity index (χ1v) is 5.53. The van der Waals surface area contributed by atoms with Crippen LogP contribution in [0.3, 0.4) is 0 Å². The highest BCUT2D eigenvalue weighted by atomic mass is 35.5. The number of nitrogens with zero attached hydrogens (tertiary/aromatic N) is 1. The number of benzene rings is 1. The van der Waals surface area contributed by atoms with Crippen molar-refractivity contribution >= 4 is 22.4 Å². The molecule has 1 aromatic carbocycles. The van der Waals surface area contributed by atoms with Crippen molar-refractivity contribution in [3.05, 3.63) is 29.5 Å². The standard InChI is InChI=1S/C12H10ClF2NO2/c1-17-7-2-3-8-9(4-7)10(5-16-12(8)13)18-6-11(14)15/h2-5,11H,6H2,1H3. The molecule has 0 atom stereocenters. The summed E-state index contributed by atoms with van der Waals surface area (Å²) in [6.07, 6.45) is -1.21. The molecule has 0 aliphatic rings. The second-order valence-corrected chi connectivity index (χ2v) is 3.88. The fraction of sp³-hybridized carbons (Fsp3) is 0.250. The summed E-state index contributed by atoms with van der Waals surface area (Å²) in [5.74, 6) is 0.847. The molecule has 18 heavy (non-hydrogen) atoms. The lowest BCUT2D eigenvalue weighted by molar-refractivity contribution is 0.0825. The Balaban J connectivity index is 2.48. The van der Waals surface area contributed by atoms with Crippen LogP contribution in [-0.2, 0) is 0 Å². The van der Waals surface area contributed by atoms with Crippen molar-refractivity contribution in [2.24, 2.45) is 0 Å². The number of aromatic nitrogens is 1. The van der Waals surface area contributed by atoms with Gasteiger partial charge in [-0.2, -0.15) is 0 Å². The molecule has 0 N–H and O–H groups in total. The molecule has 0 unspecified atom stereocenters. The third kappa shape index (κ3) is 2.61. The topological polar surface area (TPSA) is 31.4 Å². The van der Waals surface area contributed by atoms with Crippen LogP contribution in [0.25, 0.3) is 10.8 Å². The van der Waals surface area contributed by atoms with E-state index >= 15 is 0 Å². The van der Waals surface area contributed by atoms with Gasteiger partial charge < -0.3 is 9.47 Å². The van der Waals surface area contributed by atoms with Gasteiger partial charge in [0, 0.05) is 10.8 Å². The van der Waals surface area contributed by atoms with E-state index in [-0.39, 0.29) is 10.9 Å². The summed E-state index contributed by atoms with van der Waals surface area (Å²) in [6.45, 7) is -0.685. The maximum atomic E-state index is 12.1. The minimum atomic E-state index is -2.54. The van der Waals surface area contributed by atoms with Gasteiger partial charge in [-0.05, 0) is 18.2 Å². The highest BCUT2D eigenvalue weighted by Crippen LogP contribution is 2.32. The largest absolute Gasteiger partial charge is 0.497 e.